The van der Waals surface area contributed by atoms with Gasteiger partial charge in [0.15, 0.2) is 0 Å². The zero-order valence-electron chi connectivity index (χ0n) is 9.70. The minimum Gasteiger partial charge on any atom is -0.338 e. The fraction of sp³-hybridized carbons (Fsp3) is 0.909. The molecule has 1 heterocycles. The summed E-state index contributed by atoms with van der Waals surface area (Å²) in [5, 5.41) is 0. The number of hydrogen-bond donors (Lipinski definition) is 1. The summed E-state index contributed by atoms with van der Waals surface area (Å²) in [6.45, 7) is 4.78. The molecule has 1 saturated carbocycles. The first-order chi connectivity index (χ1) is 7.03. The summed E-state index contributed by atoms with van der Waals surface area (Å²) in [5.41, 5.74) is 5.53. The zero-order valence-corrected chi connectivity index (χ0v) is 9.70. The van der Waals surface area contributed by atoms with E-state index < -0.39 is 5.54 Å². The third-order valence-electron chi connectivity index (χ3n) is 3.92. The maximum absolute atomic E-state index is 12.1. The van der Waals surface area contributed by atoms with Gasteiger partial charge in [0.25, 0.3) is 0 Å². The van der Waals surface area contributed by atoms with Crippen molar-refractivity contribution in [2.75, 3.05) is 26.7 Å². The van der Waals surface area contributed by atoms with Crippen LogP contribution >= 0.6 is 0 Å². The molecule has 1 atom stereocenters. The molecular formula is C11H21N3O. The smallest absolute Gasteiger partial charge is 0.242 e. The molecule has 86 valence electrons. The van der Waals surface area contributed by atoms with Crippen molar-refractivity contribution in [3.63, 3.8) is 0 Å². The fourth-order valence-electron chi connectivity index (χ4n) is 2.32. The molecule has 4 nitrogen and oxygen atoms in total. The summed E-state index contributed by atoms with van der Waals surface area (Å²) in [6, 6.07) is 0.450. The Bertz CT molecular complexity index is 263. The molecule has 2 rings (SSSR count). The number of carbonyl (C=O) groups excluding carboxylic acids is 1. The third-order valence-corrected chi connectivity index (χ3v) is 3.92. The lowest BCUT2D eigenvalue weighted by Gasteiger charge is -2.44. The summed E-state index contributed by atoms with van der Waals surface area (Å²) in [7, 11) is 2.11. The molecule has 0 aromatic rings. The van der Waals surface area contributed by atoms with Crippen molar-refractivity contribution in [2.24, 2.45) is 5.73 Å². The Morgan fingerprint density at radius 1 is 1.40 bits per heavy atom. The second kappa shape index (κ2) is 3.76. The molecule has 2 N–H and O–H groups in total. The van der Waals surface area contributed by atoms with Gasteiger partial charge in [-0.05, 0) is 33.2 Å². The van der Waals surface area contributed by atoms with E-state index in [4.69, 9.17) is 5.73 Å². The van der Waals surface area contributed by atoms with E-state index in [0.29, 0.717) is 6.04 Å². The Morgan fingerprint density at radius 3 is 2.53 bits per heavy atom. The highest BCUT2D eigenvalue weighted by Gasteiger charge is 2.43. The van der Waals surface area contributed by atoms with Crippen molar-refractivity contribution >= 4 is 5.91 Å². The average Bonchev–Trinajstić information content (AvgIpc) is 2.17. The molecule has 2 fully saturated rings. The van der Waals surface area contributed by atoms with E-state index in [2.05, 4.69) is 18.9 Å². The maximum atomic E-state index is 12.1. The van der Waals surface area contributed by atoms with Crippen LogP contribution in [0.3, 0.4) is 0 Å². The second-order valence-electron chi connectivity index (χ2n) is 5.09. The van der Waals surface area contributed by atoms with E-state index in [0.717, 1.165) is 38.9 Å². The minimum atomic E-state index is -0.518. The van der Waals surface area contributed by atoms with Crippen molar-refractivity contribution in [3.8, 4) is 0 Å². The number of nitrogens with zero attached hydrogens (tertiary/aromatic N) is 2. The van der Waals surface area contributed by atoms with Crippen LogP contribution in [0.2, 0.25) is 0 Å². The predicted molar refractivity (Wildman–Crippen MR) is 59.4 cm³/mol. The Balaban J connectivity index is 1.97. The Kier molecular flexibility index (Phi) is 2.73. The summed E-state index contributed by atoms with van der Waals surface area (Å²) in [5.74, 6) is 0.175. The van der Waals surface area contributed by atoms with Crippen molar-refractivity contribution in [1.82, 2.24) is 9.80 Å². The molecule has 2 aliphatic rings. The van der Waals surface area contributed by atoms with Crippen molar-refractivity contribution < 1.29 is 4.79 Å². The molecule has 1 saturated heterocycles. The van der Waals surface area contributed by atoms with Gasteiger partial charge in [-0.3, -0.25) is 4.79 Å². The maximum Gasteiger partial charge on any atom is 0.242 e. The van der Waals surface area contributed by atoms with Crippen molar-refractivity contribution in [2.45, 2.75) is 37.8 Å². The van der Waals surface area contributed by atoms with Gasteiger partial charge in [0.2, 0.25) is 5.91 Å². The predicted octanol–water partition coefficient (Wildman–Crippen LogP) is 0.0303. The van der Waals surface area contributed by atoms with Crippen LogP contribution < -0.4 is 5.73 Å². The third kappa shape index (κ3) is 1.88. The van der Waals surface area contributed by atoms with Gasteiger partial charge in [-0.2, -0.15) is 0 Å². The van der Waals surface area contributed by atoms with Crippen LogP contribution in [-0.2, 0) is 4.79 Å². The topological polar surface area (TPSA) is 49.6 Å². The van der Waals surface area contributed by atoms with Crippen molar-refractivity contribution in [3.05, 3.63) is 0 Å². The number of rotatable bonds is 1. The minimum absolute atomic E-state index is 0.175. The molecule has 0 bridgehead atoms. The van der Waals surface area contributed by atoms with Gasteiger partial charge in [0.05, 0.1) is 5.54 Å². The van der Waals surface area contributed by atoms with Crippen LogP contribution in [0, 0.1) is 0 Å². The van der Waals surface area contributed by atoms with Gasteiger partial charge in [-0.25, -0.2) is 0 Å². The Labute approximate surface area is 91.4 Å². The fourth-order valence-corrected chi connectivity index (χ4v) is 2.32. The monoisotopic (exact) mass is 211 g/mol. The number of piperazine rings is 1. The van der Waals surface area contributed by atoms with E-state index in [9.17, 15) is 4.79 Å². The number of nitrogens with two attached hydrogens (primary N) is 1. The zero-order chi connectivity index (χ0) is 11.1. The van der Waals surface area contributed by atoms with Crippen LogP contribution in [-0.4, -0.2) is 54.0 Å². The quantitative estimate of drug-likeness (QED) is 0.666. The van der Waals surface area contributed by atoms with Crippen LogP contribution in [0.4, 0.5) is 0 Å². The van der Waals surface area contributed by atoms with Gasteiger partial charge in [0.1, 0.15) is 0 Å². The summed E-state index contributed by atoms with van der Waals surface area (Å²) in [6.07, 6.45) is 2.84. The van der Waals surface area contributed by atoms with Gasteiger partial charge in [0, 0.05) is 25.7 Å². The van der Waals surface area contributed by atoms with Crippen LogP contribution in [0.25, 0.3) is 0 Å². The first-order valence-electron chi connectivity index (χ1n) is 5.81. The van der Waals surface area contributed by atoms with Gasteiger partial charge in [-0.1, -0.05) is 0 Å². The Morgan fingerprint density at radius 2 is 2.07 bits per heavy atom. The molecular weight excluding hydrogens is 190 g/mol. The van der Waals surface area contributed by atoms with Crippen molar-refractivity contribution in [1.29, 1.82) is 0 Å². The normalized spacial score (nSPS) is 31.1. The van der Waals surface area contributed by atoms with E-state index in [1.165, 1.54) is 0 Å². The molecule has 1 aliphatic heterocycles. The Hall–Kier alpha value is -0.610. The lowest BCUT2D eigenvalue weighted by molar-refractivity contribution is -0.142. The first kappa shape index (κ1) is 10.9. The number of likely N-dealkylation sites (N-methyl/N-ethyl adjacent to an activating group) is 1. The molecule has 1 aliphatic carbocycles. The van der Waals surface area contributed by atoms with E-state index in [-0.39, 0.29) is 5.91 Å². The van der Waals surface area contributed by atoms with Crippen LogP contribution in [0.15, 0.2) is 0 Å². The van der Waals surface area contributed by atoms with Crippen LogP contribution in [0.1, 0.15) is 26.2 Å². The highest BCUT2D eigenvalue weighted by molar-refractivity contribution is 5.87. The molecule has 1 unspecified atom stereocenters. The lowest BCUT2D eigenvalue weighted by Crippen LogP contribution is -2.63. The van der Waals surface area contributed by atoms with E-state index in [1.807, 2.05) is 4.90 Å². The largest absolute Gasteiger partial charge is 0.338 e. The number of hydrogen-bond acceptors (Lipinski definition) is 3. The number of carbonyl (C=O) groups is 1. The molecule has 4 heteroatoms. The SMILES string of the molecule is CC1CN(C(=O)C2(N)CCC2)CCN1C. The van der Waals surface area contributed by atoms with Gasteiger partial charge in [-0.15, -0.1) is 0 Å². The standard InChI is InChI=1S/C11H21N3O/c1-9-8-14(7-6-13(9)2)10(15)11(12)4-3-5-11/h9H,3-8,12H2,1-2H3. The highest BCUT2D eigenvalue weighted by atomic mass is 16.2. The molecule has 0 aromatic carbocycles. The van der Waals surface area contributed by atoms with Crippen LogP contribution in [0.5, 0.6) is 0 Å². The molecule has 0 radical (unpaired) electrons. The van der Waals surface area contributed by atoms with E-state index in [1.54, 1.807) is 0 Å². The van der Waals surface area contributed by atoms with Gasteiger partial charge >= 0.3 is 0 Å². The molecule has 15 heavy (non-hydrogen) atoms. The number of amides is 1. The summed E-state index contributed by atoms with van der Waals surface area (Å²) < 4.78 is 0. The van der Waals surface area contributed by atoms with Gasteiger partial charge < -0.3 is 15.5 Å². The summed E-state index contributed by atoms with van der Waals surface area (Å²) >= 11 is 0. The van der Waals surface area contributed by atoms with E-state index >= 15 is 0 Å². The summed E-state index contributed by atoms with van der Waals surface area (Å²) in [4.78, 5) is 16.4. The first-order valence-corrected chi connectivity index (χ1v) is 5.81. The molecule has 1 amide bonds. The molecule has 0 aromatic heterocycles. The molecule has 0 spiro atoms. The lowest BCUT2D eigenvalue weighted by atomic mass is 9.76. The second-order valence-corrected chi connectivity index (χ2v) is 5.09. The average molecular weight is 211 g/mol. The highest BCUT2D eigenvalue weighted by Crippen LogP contribution is 2.31.